The Hall–Kier alpha value is -1.71. The summed E-state index contributed by atoms with van der Waals surface area (Å²) in [6.07, 6.45) is 7.69. The fourth-order valence-corrected chi connectivity index (χ4v) is 1.85. The Morgan fingerprint density at radius 2 is 2.41 bits per heavy atom. The van der Waals surface area contributed by atoms with Gasteiger partial charge in [-0.05, 0) is 25.5 Å². The van der Waals surface area contributed by atoms with Crippen molar-refractivity contribution in [2.24, 2.45) is 0 Å². The van der Waals surface area contributed by atoms with Gasteiger partial charge in [0.1, 0.15) is 0 Å². The number of nitrogens with one attached hydrogen (secondary N) is 1. The molecule has 0 fully saturated rings. The van der Waals surface area contributed by atoms with Crippen LogP contribution in [0.2, 0.25) is 0 Å². The number of nitrogens with zero attached hydrogens (tertiary/aromatic N) is 1. The molecule has 0 saturated heterocycles. The summed E-state index contributed by atoms with van der Waals surface area (Å²) in [6.45, 7) is 4.24. The molecule has 2 rings (SSSR count). The van der Waals surface area contributed by atoms with Gasteiger partial charge in [0.15, 0.2) is 0 Å². The Bertz CT molecular complexity index is 433. The Balaban J connectivity index is 1.75. The maximum Gasteiger partial charge on any atom is 0.407 e. The molecule has 1 amide bonds. The van der Waals surface area contributed by atoms with E-state index in [-0.39, 0.29) is 12.1 Å². The molecule has 0 aliphatic carbocycles. The molecule has 4 nitrogen and oxygen atoms in total. The van der Waals surface area contributed by atoms with E-state index in [9.17, 15) is 4.79 Å². The molecule has 2 heterocycles. The molecule has 0 radical (unpaired) electrons. The molecule has 92 valence electrons. The lowest BCUT2D eigenvalue weighted by atomic mass is 10.2. The van der Waals surface area contributed by atoms with E-state index >= 15 is 0 Å². The molecular formula is C13H18N2O2. The summed E-state index contributed by atoms with van der Waals surface area (Å²) >= 11 is 0. The van der Waals surface area contributed by atoms with Gasteiger partial charge in [-0.15, -0.1) is 0 Å². The summed E-state index contributed by atoms with van der Waals surface area (Å²) in [5, 5.41) is 2.69. The minimum absolute atomic E-state index is 0.117. The molecule has 1 aliphatic heterocycles. The van der Waals surface area contributed by atoms with Gasteiger partial charge in [0, 0.05) is 37.0 Å². The van der Waals surface area contributed by atoms with Crippen LogP contribution in [0, 0.1) is 0 Å². The molecule has 1 N–H and O–H groups in total. The highest BCUT2D eigenvalue weighted by molar-refractivity contribution is 5.67. The Morgan fingerprint density at radius 3 is 3.12 bits per heavy atom. The van der Waals surface area contributed by atoms with Gasteiger partial charge in [-0.25, -0.2) is 4.79 Å². The molecule has 0 atom stereocenters. The van der Waals surface area contributed by atoms with Crippen LogP contribution in [0.3, 0.4) is 0 Å². The van der Waals surface area contributed by atoms with Gasteiger partial charge < -0.3 is 14.6 Å². The van der Waals surface area contributed by atoms with Crippen LogP contribution in [-0.2, 0) is 17.6 Å². The lowest BCUT2D eigenvalue weighted by Crippen LogP contribution is -2.31. The van der Waals surface area contributed by atoms with Crippen LogP contribution < -0.4 is 5.32 Å². The molecular weight excluding hydrogens is 216 g/mol. The normalized spacial score (nSPS) is 12.9. The third kappa shape index (κ3) is 3.12. The zero-order valence-corrected chi connectivity index (χ0v) is 10.3. The average molecular weight is 234 g/mol. The van der Waals surface area contributed by atoms with Gasteiger partial charge in [0.2, 0.25) is 0 Å². The number of rotatable bonds is 4. The number of fused-ring (bicyclic) bond motifs is 1. The van der Waals surface area contributed by atoms with Gasteiger partial charge in [-0.3, -0.25) is 0 Å². The second kappa shape index (κ2) is 5.08. The predicted octanol–water partition coefficient (Wildman–Crippen LogP) is 2.19. The highest BCUT2D eigenvalue weighted by Crippen LogP contribution is 2.16. The quantitative estimate of drug-likeness (QED) is 0.867. The van der Waals surface area contributed by atoms with Crippen molar-refractivity contribution in [1.29, 1.82) is 0 Å². The van der Waals surface area contributed by atoms with Crippen LogP contribution in [0.1, 0.15) is 25.1 Å². The van der Waals surface area contributed by atoms with E-state index in [0.717, 1.165) is 12.8 Å². The van der Waals surface area contributed by atoms with Crippen molar-refractivity contribution < 1.29 is 9.53 Å². The summed E-state index contributed by atoms with van der Waals surface area (Å²) in [6, 6.07) is 2.27. The average Bonchev–Trinajstić information content (AvgIpc) is 2.76. The summed E-state index contributed by atoms with van der Waals surface area (Å²) in [5.74, 6) is 0. The van der Waals surface area contributed by atoms with Crippen molar-refractivity contribution in [3.63, 3.8) is 0 Å². The maximum absolute atomic E-state index is 11.2. The van der Waals surface area contributed by atoms with Gasteiger partial charge in [0.05, 0.1) is 6.61 Å². The minimum atomic E-state index is -0.341. The van der Waals surface area contributed by atoms with Gasteiger partial charge in [0.25, 0.3) is 0 Å². The van der Waals surface area contributed by atoms with E-state index in [4.69, 9.17) is 4.74 Å². The summed E-state index contributed by atoms with van der Waals surface area (Å²) in [4.78, 5) is 11.2. The topological polar surface area (TPSA) is 43.3 Å². The standard InChI is InChI=1S/C13H18N2O2/c1-10(2)14-13(16)17-7-5-11-8-12-4-3-6-15(12)9-11/h3,6,8-10H,4-5,7H2,1-2H3,(H,14,16). The van der Waals surface area contributed by atoms with E-state index in [1.54, 1.807) is 0 Å². The molecule has 1 aromatic heterocycles. The van der Waals surface area contributed by atoms with Crippen LogP contribution in [0.25, 0.3) is 6.20 Å². The molecule has 4 heteroatoms. The largest absolute Gasteiger partial charge is 0.449 e. The fourth-order valence-electron chi connectivity index (χ4n) is 1.85. The summed E-state index contributed by atoms with van der Waals surface area (Å²) < 4.78 is 7.19. The Morgan fingerprint density at radius 1 is 1.59 bits per heavy atom. The van der Waals surface area contributed by atoms with Crippen LogP contribution >= 0.6 is 0 Å². The van der Waals surface area contributed by atoms with Gasteiger partial charge in [-0.1, -0.05) is 6.08 Å². The molecule has 0 unspecified atom stereocenters. The number of aromatic nitrogens is 1. The smallest absolute Gasteiger partial charge is 0.407 e. The number of ether oxygens (including phenoxy) is 1. The highest BCUT2D eigenvalue weighted by atomic mass is 16.5. The third-order valence-corrected chi connectivity index (χ3v) is 2.61. The van der Waals surface area contributed by atoms with E-state index in [0.29, 0.717) is 6.61 Å². The zero-order valence-electron chi connectivity index (χ0n) is 10.3. The number of carbonyl (C=O) groups is 1. The monoisotopic (exact) mass is 234 g/mol. The zero-order chi connectivity index (χ0) is 12.3. The molecule has 1 aromatic rings. The van der Waals surface area contributed by atoms with Gasteiger partial charge >= 0.3 is 6.09 Å². The molecule has 0 aromatic carbocycles. The molecule has 1 aliphatic rings. The molecule has 0 bridgehead atoms. The van der Waals surface area contributed by atoms with Crippen molar-refractivity contribution in [3.8, 4) is 0 Å². The molecule has 0 saturated carbocycles. The van der Waals surface area contributed by atoms with Crippen LogP contribution in [0.5, 0.6) is 0 Å². The van der Waals surface area contributed by atoms with E-state index < -0.39 is 0 Å². The number of hydrogen-bond acceptors (Lipinski definition) is 2. The minimum Gasteiger partial charge on any atom is -0.449 e. The number of amides is 1. The maximum atomic E-state index is 11.2. The number of carbonyl (C=O) groups excluding carboxylic acids is 1. The van der Waals surface area contributed by atoms with E-state index in [2.05, 4.69) is 34.4 Å². The lowest BCUT2D eigenvalue weighted by Gasteiger charge is -2.08. The first-order chi connectivity index (χ1) is 8.15. The number of hydrogen-bond donors (Lipinski definition) is 1. The van der Waals surface area contributed by atoms with Crippen molar-refractivity contribution in [3.05, 3.63) is 29.6 Å². The van der Waals surface area contributed by atoms with Crippen LogP contribution in [-0.4, -0.2) is 23.3 Å². The van der Waals surface area contributed by atoms with Crippen LogP contribution in [0.4, 0.5) is 4.79 Å². The summed E-state index contributed by atoms with van der Waals surface area (Å²) in [5.41, 5.74) is 2.51. The number of allylic oxidation sites excluding steroid dienone is 1. The molecule has 17 heavy (non-hydrogen) atoms. The second-order valence-corrected chi connectivity index (χ2v) is 4.52. The predicted molar refractivity (Wildman–Crippen MR) is 66.8 cm³/mol. The van der Waals surface area contributed by atoms with Crippen molar-refractivity contribution in [1.82, 2.24) is 9.88 Å². The SMILES string of the molecule is CC(C)NC(=O)OCCc1cc2n(c1)C=CC2. The number of alkyl carbamates (subject to hydrolysis) is 1. The first-order valence-corrected chi connectivity index (χ1v) is 5.95. The van der Waals surface area contributed by atoms with E-state index in [1.807, 2.05) is 13.8 Å². The molecule has 0 spiro atoms. The van der Waals surface area contributed by atoms with Crippen molar-refractivity contribution >= 4 is 12.3 Å². The van der Waals surface area contributed by atoms with Crippen LogP contribution in [0.15, 0.2) is 18.3 Å². The lowest BCUT2D eigenvalue weighted by molar-refractivity contribution is 0.145. The third-order valence-electron chi connectivity index (χ3n) is 2.61. The Labute approximate surface area is 101 Å². The fraction of sp³-hybridized carbons (Fsp3) is 0.462. The van der Waals surface area contributed by atoms with Crippen molar-refractivity contribution in [2.75, 3.05) is 6.61 Å². The summed E-state index contributed by atoms with van der Waals surface area (Å²) in [7, 11) is 0. The first kappa shape index (κ1) is 11.8. The highest BCUT2D eigenvalue weighted by Gasteiger charge is 2.08. The van der Waals surface area contributed by atoms with Crippen molar-refractivity contribution in [2.45, 2.75) is 32.7 Å². The Kier molecular flexibility index (Phi) is 3.52. The van der Waals surface area contributed by atoms with E-state index in [1.165, 1.54) is 11.3 Å². The second-order valence-electron chi connectivity index (χ2n) is 4.52. The van der Waals surface area contributed by atoms with Gasteiger partial charge in [-0.2, -0.15) is 0 Å². The first-order valence-electron chi connectivity index (χ1n) is 5.95.